The highest BCUT2D eigenvalue weighted by molar-refractivity contribution is 5.92. The van der Waals surface area contributed by atoms with Gasteiger partial charge >= 0.3 is 17.9 Å². The maximum absolute atomic E-state index is 14.1. The van der Waals surface area contributed by atoms with Gasteiger partial charge in [0.1, 0.15) is 28.7 Å². The van der Waals surface area contributed by atoms with Gasteiger partial charge in [0.15, 0.2) is 11.7 Å². The van der Waals surface area contributed by atoms with Crippen LogP contribution in [0.15, 0.2) is 34.3 Å². The molecule has 4 aliphatic carbocycles. The quantitative estimate of drug-likeness (QED) is 0.112. The Morgan fingerprint density at radius 2 is 1.72 bits per heavy atom. The van der Waals surface area contributed by atoms with Crippen LogP contribution in [0.2, 0.25) is 0 Å². The molecular formula is C33H44O13. The van der Waals surface area contributed by atoms with E-state index in [0.717, 1.165) is 0 Å². The van der Waals surface area contributed by atoms with Crippen molar-refractivity contribution >= 4 is 17.9 Å². The fraction of sp³-hybridized carbons (Fsp3) is 0.727. The van der Waals surface area contributed by atoms with Crippen LogP contribution in [0.4, 0.5) is 0 Å². The first-order valence-electron chi connectivity index (χ1n) is 15.7. The van der Waals surface area contributed by atoms with Crippen molar-refractivity contribution in [2.45, 2.75) is 108 Å². The normalized spacial score (nSPS) is 48.8. The summed E-state index contributed by atoms with van der Waals surface area (Å²) in [5.41, 5.74) is -15.1. The number of allylic oxidation sites excluding steroid dienone is 1. The standard InChI is InChI=1S/C33H44O13/c1-15(2)21(36)20-22-27(4,23(45-16(3)34)17-8-11-44-13-17)9-10-30(39)29(6)18(12-19(35)43-7)28(5)14-31(29,40)33(42,25(28)38)26(32(22,30)41)46-24(20)37/h8,11,13,15,18,22-23,25-26,36,38-42H,9-10,12,14H2,1-7H3/b21-20-. The van der Waals surface area contributed by atoms with E-state index in [-0.39, 0.29) is 25.7 Å². The van der Waals surface area contributed by atoms with Crippen molar-refractivity contribution in [3.63, 3.8) is 0 Å². The SMILES string of the molecule is COC(=O)CC1C2(C)CC3(O)C(O)(C2O)C2OC(=O)/C(=C(\O)C(C)C)C4C(C)(C(OC(C)=O)c5ccoc5)CCC(O)(C42O)C13C. The third-order valence-corrected chi connectivity index (χ3v) is 13.0. The molecule has 6 N–H and O–H groups in total. The Labute approximate surface area is 266 Å². The average molecular weight is 649 g/mol. The number of carbonyl (C=O) groups is 3. The number of rotatable bonds is 6. The molecule has 0 aromatic carbocycles. The van der Waals surface area contributed by atoms with Gasteiger partial charge in [-0.2, -0.15) is 0 Å². The van der Waals surface area contributed by atoms with Crippen LogP contribution in [0.1, 0.15) is 78.9 Å². The molecule has 12 atom stereocenters. The van der Waals surface area contributed by atoms with E-state index in [1.807, 2.05) is 0 Å². The van der Waals surface area contributed by atoms with Gasteiger partial charge in [0, 0.05) is 47.0 Å². The topological polar surface area (TPSA) is 213 Å². The van der Waals surface area contributed by atoms with E-state index >= 15 is 0 Å². The molecule has 1 aromatic rings. The monoisotopic (exact) mass is 648 g/mol. The molecule has 0 spiro atoms. The molecule has 2 heterocycles. The fourth-order valence-corrected chi connectivity index (χ4v) is 11.0. The third kappa shape index (κ3) is 3.31. The van der Waals surface area contributed by atoms with Gasteiger partial charge in [0.25, 0.3) is 0 Å². The van der Waals surface area contributed by atoms with Gasteiger partial charge in [0.05, 0.1) is 31.3 Å². The van der Waals surface area contributed by atoms with E-state index < -0.39 is 104 Å². The first-order valence-corrected chi connectivity index (χ1v) is 15.7. The molecule has 6 rings (SSSR count). The molecule has 1 aromatic heterocycles. The van der Waals surface area contributed by atoms with Crippen molar-refractivity contribution in [2.24, 2.45) is 34.0 Å². The minimum Gasteiger partial charge on any atom is -0.511 e. The summed E-state index contributed by atoms with van der Waals surface area (Å²) >= 11 is 0. The number of aliphatic hydroxyl groups is 6. The summed E-state index contributed by atoms with van der Waals surface area (Å²) in [4.78, 5) is 39.5. The summed E-state index contributed by atoms with van der Waals surface area (Å²) in [5.74, 6) is -6.33. The van der Waals surface area contributed by atoms with E-state index in [0.29, 0.717) is 5.56 Å². The van der Waals surface area contributed by atoms with Crippen LogP contribution < -0.4 is 0 Å². The predicted molar refractivity (Wildman–Crippen MR) is 155 cm³/mol. The van der Waals surface area contributed by atoms with Crippen LogP contribution in [0.3, 0.4) is 0 Å². The minimum absolute atomic E-state index is 0.0528. The highest BCUT2D eigenvalue weighted by atomic mass is 16.6. The summed E-state index contributed by atoms with van der Waals surface area (Å²) in [5, 5.41) is 75.4. The van der Waals surface area contributed by atoms with Crippen LogP contribution in [0.5, 0.6) is 0 Å². The molecule has 1 saturated heterocycles. The number of aliphatic hydroxyl groups excluding tert-OH is 2. The molecule has 5 fully saturated rings. The number of carbonyl (C=O) groups excluding carboxylic acids is 3. The number of hydrogen-bond donors (Lipinski definition) is 6. The van der Waals surface area contributed by atoms with Crippen molar-refractivity contribution in [2.75, 3.05) is 7.11 Å². The van der Waals surface area contributed by atoms with Gasteiger partial charge in [-0.3, -0.25) is 9.59 Å². The Balaban J connectivity index is 1.71. The molecule has 46 heavy (non-hydrogen) atoms. The Bertz CT molecular complexity index is 1520. The lowest BCUT2D eigenvalue weighted by Crippen LogP contribution is -2.94. The van der Waals surface area contributed by atoms with Gasteiger partial charge in [-0.25, -0.2) is 4.79 Å². The van der Waals surface area contributed by atoms with Gasteiger partial charge in [0.2, 0.25) is 0 Å². The van der Waals surface area contributed by atoms with Crippen LogP contribution >= 0.6 is 0 Å². The van der Waals surface area contributed by atoms with E-state index in [1.54, 1.807) is 33.8 Å². The van der Waals surface area contributed by atoms with Gasteiger partial charge in [-0.1, -0.05) is 34.6 Å². The largest absolute Gasteiger partial charge is 0.511 e. The van der Waals surface area contributed by atoms with Crippen LogP contribution in [0.25, 0.3) is 0 Å². The summed E-state index contributed by atoms with van der Waals surface area (Å²) in [6.45, 7) is 9.09. The molecule has 0 radical (unpaired) electrons. The zero-order valence-electron chi connectivity index (χ0n) is 27.1. The summed E-state index contributed by atoms with van der Waals surface area (Å²) in [6.07, 6.45) is -3.51. The summed E-state index contributed by atoms with van der Waals surface area (Å²) in [6, 6.07) is 1.55. The van der Waals surface area contributed by atoms with Crippen LogP contribution in [-0.2, 0) is 28.6 Å². The molecule has 13 heteroatoms. The molecule has 5 aliphatic rings. The second-order valence-electron chi connectivity index (χ2n) is 15.2. The molecule has 4 saturated carbocycles. The Morgan fingerprint density at radius 3 is 2.26 bits per heavy atom. The lowest BCUT2D eigenvalue weighted by Gasteiger charge is -2.77. The number of fused-ring (bicyclic) bond motifs is 3. The van der Waals surface area contributed by atoms with Crippen molar-refractivity contribution in [3.8, 4) is 0 Å². The fourth-order valence-electron chi connectivity index (χ4n) is 11.0. The van der Waals surface area contributed by atoms with Crippen molar-refractivity contribution in [1.29, 1.82) is 0 Å². The molecule has 0 amide bonds. The second kappa shape index (κ2) is 9.56. The smallest absolute Gasteiger partial charge is 0.338 e. The van der Waals surface area contributed by atoms with E-state index in [2.05, 4.69) is 0 Å². The highest BCUT2D eigenvalue weighted by Gasteiger charge is 2.97. The van der Waals surface area contributed by atoms with Gasteiger partial charge in [-0.15, -0.1) is 0 Å². The first-order chi connectivity index (χ1) is 21.2. The minimum atomic E-state index is -2.75. The van der Waals surface area contributed by atoms with Crippen LogP contribution in [-0.4, -0.2) is 90.3 Å². The Kier molecular flexibility index (Phi) is 6.85. The number of furan rings is 1. The lowest BCUT2D eigenvalue weighted by molar-refractivity contribution is -0.439. The van der Waals surface area contributed by atoms with E-state index in [1.165, 1.54) is 33.5 Å². The zero-order chi connectivity index (χ0) is 34.2. The molecule has 1 aliphatic heterocycles. The number of hydrogen-bond acceptors (Lipinski definition) is 13. The molecule has 254 valence electrons. The predicted octanol–water partition coefficient (Wildman–Crippen LogP) is 1.60. The molecular weight excluding hydrogens is 604 g/mol. The number of methoxy groups -OCH3 is 1. The summed E-state index contributed by atoms with van der Waals surface area (Å²) in [7, 11) is 1.18. The van der Waals surface area contributed by atoms with Gasteiger partial charge in [-0.05, 0) is 31.2 Å². The number of esters is 3. The molecule has 12 unspecified atom stereocenters. The molecule has 2 bridgehead atoms. The third-order valence-electron chi connectivity index (χ3n) is 13.0. The first kappa shape index (κ1) is 33.0. The maximum atomic E-state index is 14.1. The highest BCUT2D eigenvalue weighted by Crippen LogP contribution is 2.83. The van der Waals surface area contributed by atoms with Crippen molar-refractivity contribution in [1.82, 2.24) is 0 Å². The van der Waals surface area contributed by atoms with E-state index in [9.17, 15) is 45.0 Å². The van der Waals surface area contributed by atoms with Crippen LogP contribution in [0, 0.1) is 34.0 Å². The zero-order valence-corrected chi connectivity index (χ0v) is 27.1. The Hall–Kier alpha value is -2.97. The van der Waals surface area contributed by atoms with E-state index in [4.69, 9.17) is 18.6 Å². The Morgan fingerprint density at radius 1 is 1.07 bits per heavy atom. The van der Waals surface area contributed by atoms with Gasteiger partial charge < -0.3 is 49.3 Å². The number of ether oxygens (including phenoxy) is 3. The maximum Gasteiger partial charge on any atom is 0.338 e. The summed E-state index contributed by atoms with van der Waals surface area (Å²) < 4.78 is 22.0. The molecule has 13 nitrogen and oxygen atoms in total. The van der Waals surface area contributed by atoms with Crippen molar-refractivity contribution in [3.05, 3.63) is 35.5 Å². The average Bonchev–Trinajstić information content (AvgIpc) is 3.62. The second-order valence-corrected chi connectivity index (χ2v) is 15.2. The lowest BCUT2D eigenvalue weighted by atomic mass is 9.33. The van der Waals surface area contributed by atoms with Crippen molar-refractivity contribution < 1.29 is 63.7 Å².